The fourth-order valence-corrected chi connectivity index (χ4v) is 2.53. The maximum atomic E-state index is 12.2. The summed E-state index contributed by atoms with van der Waals surface area (Å²) in [6, 6.07) is 5.48. The first-order valence-corrected chi connectivity index (χ1v) is 7.87. The van der Waals surface area contributed by atoms with Crippen LogP contribution >= 0.6 is 11.6 Å². The number of nitro benzene ring substituents is 1. The van der Waals surface area contributed by atoms with Crippen LogP contribution in [0.1, 0.15) is 35.5 Å². The van der Waals surface area contributed by atoms with Gasteiger partial charge in [0.15, 0.2) is 5.78 Å². The predicted octanol–water partition coefficient (Wildman–Crippen LogP) is 4.31. The number of halogens is 1. The zero-order valence-electron chi connectivity index (χ0n) is 13.7. The Morgan fingerprint density at radius 2 is 2.00 bits per heavy atom. The van der Waals surface area contributed by atoms with Crippen molar-refractivity contribution in [3.63, 3.8) is 0 Å². The van der Waals surface area contributed by atoms with Crippen LogP contribution in [0.2, 0.25) is 5.15 Å². The van der Waals surface area contributed by atoms with Crippen molar-refractivity contribution in [3.05, 3.63) is 62.4 Å². The molecule has 0 atom stereocenters. The Kier molecular flexibility index (Phi) is 5.51. The van der Waals surface area contributed by atoms with Crippen molar-refractivity contribution in [2.45, 2.75) is 27.3 Å². The lowest BCUT2D eigenvalue weighted by atomic mass is 10.1. The molecule has 0 saturated carbocycles. The van der Waals surface area contributed by atoms with Gasteiger partial charge in [-0.2, -0.15) is 5.10 Å². The third-order valence-electron chi connectivity index (χ3n) is 3.41. The van der Waals surface area contributed by atoms with E-state index in [1.165, 1.54) is 30.3 Å². The van der Waals surface area contributed by atoms with Crippen molar-refractivity contribution >= 4 is 29.1 Å². The van der Waals surface area contributed by atoms with Crippen molar-refractivity contribution in [2.24, 2.45) is 5.92 Å². The van der Waals surface area contributed by atoms with Crippen LogP contribution in [0, 0.1) is 23.0 Å². The maximum Gasteiger partial charge on any atom is 0.269 e. The maximum absolute atomic E-state index is 12.2. The van der Waals surface area contributed by atoms with Gasteiger partial charge in [-0.3, -0.25) is 19.6 Å². The average Bonchev–Trinajstić information content (AvgIpc) is 2.78. The molecule has 0 spiro atoms. The molecule has 7 heteroatoms. The molecule has 0 aliphatic heterocycles. The molecule has 0 aliphatic rings. The number of non-ortho nitro benzene ring substituents is 1. The minimum absolute atomic E-state index is 0.0515. The van der Waals surface area contributed by atoms with Gasteiger partial charge in [-0.25, -0.2) is 0 Å². The highest BCUT2D eigenvalue weighted by molar-refractivity contribution is 6.31. The lowest BCUT2D eigenvalue weighted by Gasteiger charge is -2.05. The number of benzene rings is 1. The Morgan fingerprint density at radius 1 is 1.38 bits per heavy atom. The third-order valence-corrected chi connectivity index (χ3v) is 3.81. The summed E-state index contributed by atoms with van der Waals surface area (Å²) in [6.45, 7) is 6.67. The van der Waals surface area contributed by atoms with Gasteiger partial charge in [-0.1, -0.05) is 25.4 Å². The van der Waals surface area contributed by atoms with E-state index in [-0.39, 0.29) is 11.5 Å². The van der Waals surface area contributed by atoms with Crippen molar-refractivity contribution in [2.75, 3.05) is 0 Å². The SMILES string of the molecule is Cc1nn(CC(C)C)c(Cl)c1/C=C/C(=O)c1ccc([N+](=O)[O-])cc1. The monoisotopic (exact) mass is 347 g/mol. The minimum atomic E-state index is -0.504. The number of allylic oxidation sites excluding steroid dienone is 1. The zero-order chi connectivity index (χ0) is 17.9. The molecule has 0 radical (unpaired) electrons. The number of aryl methyl sites for hydroxylation is 1. The van der Waals surface area contributed by atoms with Gasteiger partial charge in [0.05, 0.1) is 10.6 Å². The Bertz CT molecular complexity index is 792. The van der Waals surface area contributed by atoms with Crippen molar-refractivity contribution in [1.82, 2.24) is 9.78 Å². The van der Waals surface area contributed by atoms with Gasteiger partial charge >= 0.3 is 0 Å². The smallest absolute Gasteiger partial charge is 0.269 e. The first kappa shape index (κ1) is 17.9. The van der Waals surface area contributed by atoms with Crippen LogP contribution in [0.25, 0.3) is 6.08 Å². The molecule has 0 fully saturated rings. The van der Waals surface area contributed by atoms with Gasteiger partial charge in [-0.05, 0) is 37.1 Å². The van der Waals surface area contributed by atoms with Gasteiger partial charge in [0.2, 0.25) is 0 Å². The van der Waals surface area contributed by atoms with Crippen LogP contribution in [0.3, 0.4) is 0 Å². The molecule has 6 nitrogen and oxygen atoms in total. The summed E-state index contributed by atoms with van der Waals surface area (Å²) in [5.41, 5.74) is 1.77. The van der Waals surface area contributed by atoms with Gasteiger partial charge in [-0.15, -0.1) is 0 Å². The fraction of sp³-hybridized carbons (Fsp3) is 0.294. The molecule has 126 valence electrons. The molecule has 1 aromatic heterocycles. The summed E-state index contributed by atoms with van der Waals surface area (Å²) in [6.07, 6.45) is 3.03. The van der Waals surface area contributed by atoms with E-state index in [1.54, 1.807) is 10.8 Å². The molecule has 0 saturated heterocycles. The second kappa shape index (κ2) is 7.40. The largest absolute Gasteiger partial charge is 0.289 e. The minimum Gasteiger partial charge on any atom is -0.289 e. The van der Waals surface area contributed by atoms with E-state index >= 15 is 0 Å². The van der Waals surface area contributed by atoms with Crippen LogP contribution in [-0.4, -0.2) is 20.5 Å². The van der Waals surface area contributed by atoms with Crippen LogP contribution in [0.15, 0.2) is 30.3 Å². The number of ketones is 1. The van der Waals surface area contributed by atoms with E-state index in [0.29, 0.717) is 28.7 Å². The molecule has 1 heterocycles. The first-order chi connectivity index (χ1) is 11.3. The summed E-state index contributed by atoms with van der Waals surface area (Å²) < 4.78 is 1.72. The molecular weight excluding hydrogens is 330 g/mol. The van der Waals surface area contributed by atoms with E-state index in [9.17, 15) is 14.9 Å². The lowest BCUT2D eigenvalue weighted by molar-refractivity contribution is -0.384. The van der Waals surface area contributed by atoms with E-state index < -0.39 is 4.92 Å². The second-order valence-corrected chi connectivity index (χ2v) is 6.23. The fourth-order valence-electron chi connectivity index (χ4n) is 2.23. The highest BCUT2D eigenvalue weighted by Gasteiger charge is 2.13. The van der Waals surface area contributed by atoms with Crippen LogP contribution in [0.5, 0.6) is 0 Å². The van der Waals surface area contributed by atoms with Gasteiger partial charge in [0, 0.05) is 29.8 Å². The Labute approximate surface area is 144 Å². The topological polar surface area (TPSA) is 78.0 Å². The summed E-state index contributed by atoms with van der Waals surface area (Å²) in [5, 5.41) is 15.5. The van der Waals surface area contributed by atoms with Crippen LogP contribution in [-0.2, 0) is 6.54 Å². The summed E-state index contributed by atoms with van der Waals surface area (Å²) in [4.78, 5) is 22.3. The Hall–Kier alpha value is -2.47. The number of carbonyl (C=O) groups excluding carboxylic acids is 1. The third kappa shape index (κ3) is 4.08. The first-order valence-electron chi connectivity index (χ1n) is 7.49. The average molecular weight is 348 g/mol. The van der Waals surface area contributed by atoms with E-state index in [4.69, 9.17) is 11.6 Å². The molecule has 2 rings (SSSR count). The molecule has 24 heavy (non-hydrogen) atoms. The molecule has 0 amide bonds. The molecular formula is C17H18ClN3O3. The number of aromatic nitrogens is 2. The van der Waals surface area contributed by atoms with Crippen LogP contribution < -0.4 is 0 Å². The van der Waals surface area contributed by atoms with E-state index in [2.05, 4.69) is 18.9 Å². The molecule has 0 bridgehead atoms. The molecule has 1 aromatic carbocycles. The number of nitro groups is 1. The van der Waals surface area contributed by atoms with Crippen molar-refractivity contribution < 1.29 is 9.72 Å². The zero-order valence-corrected chi connectivity index (χ0v) is 14.4. The highest BCUT2D eigenvalue weighted by atomic mass is 35.5. The normalized spacial score (nSPS) is 11.4. The quantitative estimate of drug-likeness (QED) is 0.337. The highest BCUT2D eigenvalue weighted by Crippen LogP contribution is 2.22. The number of carbonyl (C=O) groups is 1. The Balaban J connectivity index is 2.19. The lowest BCUT2D eigenvalue weighted by Crippen LogP contribution is -2.06. The number of nitrogens with zero attached hydrogens (tertiary/aromatic N) is 3. The van der Waals surface area contributed by atoms with Crippen molar-refractivity contribution in [1.29, 1.82) is 0 Å². The number of hydrogen-bond donors (Lipinski definition) is 0. The number of hydrogen-bond acceptors (Lipinski definition) is 4. The van der Waals surface area contributed by atoms with Crippen molar-refractivity contribution in [3.8, 4) is 0 Å². The summed E-state index contributed by atoms with van der Waals surface area (Å²) >= 11 is 6.32. The number of rotatable bonds is 6. The predicted molar refractivity (Wildman–Crippen MR) is 93.3 cm³/mol. The van der Waals surface area contributed by atoms with E-state index in [0.717, 1.165) is 5.69 Å². The standard InChI is InChI=1S/C17H18ClN3O3/c1-11(2)10-20-17(18)15(12(3)19-20)8-9-16(22)13-4-6-14(7-5-13)21(23)24/h4-9,11H,10H2,1-3H3/b9-8+. The van der Waals surface area contributed by atoms with Gasteiger partial charge < -0.3 is 0 Å². The summed E-state index contributed by atoms with van der Waals surface area (Å²) in [7, 11) is 0. The molecule has 0 unspecified atom stereocenters. The van der Waals surface area contributed by atoms with E-state index in [1.807, 2.05) is 6.92 Å². The van der Waals surface area contributed by atoms with Gasteiger partial charge in [0.25, 0.3) is 5.69 Å². The van der Waals surface area contributed by atoms with Crippen LogP contribution in [0.4, 0.5) is 5.69 Å². The summed E-state index contributed by atoms with van der Waals surface area (Å²) in [5.74, 6) is 0.150. The second-order valence-electron chi connectivity index (χ2n) is 5.87. The van der Waals surface area contributed by atoms with Gasteiger partial charge in [0.1, 0.15) is 5.15 Å². The molecule has 0 aliphatic carbocycles. The Morgan fingerprint density at radius 3 is 2.54 bits per heavy atom. The molecule has 2 aromatic rings. The molecule has 0 N–H and O–H groups in total.